The summed E-state index contributed by atoms with van der Waals surface area (Å²) in [7, 11) is 0. The van der Waals surface area contributed by atoms with Gasteiger partial charge in [0.05, 0.1) is 0 Å². The summed E-state index contributed by atoms with van der Waals surface area (Å²) in [6.07, 6.45) is 1.33. The van der Waals surface area contributed by atoms with Gasteiger partial charge in [0.25, 0.3) is 0 Å². The summed E-state index contributed by atoms with van der Waals surface area (Å²) < 4.78 is 1.14. The number of thiocarbonyl (C=S) groups is 1. The summed E-state index contributed by atoms with van der Waals surface area (Å²) in [5.74, 6) is 2.01. The van der Waals surface area contributed by atoms with E-state index < -0.39 is 0 Å². The molecule has 0 aromatic heterocycles. The van der Waals surface area contributed by atoms with Crippen molar-refractivity contribution in [1.29, 1.82) is 0 Å². The van der Waals surface area contributed by atoms with Crippen LogP contribution < -0.4 is 0 Å². The first-order valence-corrected chi connectivity index (χ1v) is 5.81. The lowest BCUT2D eigenvalue weighted by Crippen LogP contribution is -2.17. The molecule has 1 unspecified atom stereocenters. The average Bonchev–Trinajstić information content (AvgIpc) is 1.88. The third-order valence-electron chi connectivity index (χ3n) is 1.61. The zero-order valence-corrected chi connectivity index (χ0v) is 8.74. The second-order valence-electron chi connectivity index (χ2n) is 2.79. The van der Waals surface area contributed by atoms with Crippen LogP contribution in [0.15, 0.2) is 0 Å². The van der Waals surface area contributed by atoms with Gasteiger partial charge in [-0.3, -0.25) is 0 Å². The third kappa shape index (κ3) is 2.44. The average molecular weight is 192 g/mol. The Bertz CT molecular complexity index is 131. The van der Waals surface area contributed by atoms with Crippen LogP contribution in [0.2, 0.25) is 0 Å². The maximum Gasteiger partial charge on any atom is 0.104 e. The molecule has 1 saturated heterocycles. The Morgan fingerprint density at radius 2 is 2.30 bits per heavy atom. The van der Waals surface area contributed by atoms with E-state index in [2.05, 4.69) is 13.8 Å². The Balaban J connectivity index is 2.39. The fourth-order valence-corrected chi connectivity index (χ4v) is 3.90. The van der Waals surface area contributed by atoms with Crippen molar-refractivity contribution in [3.8, 4) is 0 Å². The van der Waals surface area contributed by atoms with Gasteiger partial charge in [-0.15, -0.1) is 23.5 Å². The summed E-state index contributed by atoms with van der Waals surface area (Å²) in [5.41, 5.74) is 0. The minimum Gasteiger partial charge on any atom is -0.108 e. The molecule has 0 aromatic carbocycles. The van der Waals surface area contributed by atoms with Crippen LogP contribution in [0.5, 0.6) is 0 Å². The van der Waals surface area contributed by atoms with Crippen molar-refractivity contribution in [3.05, 3.63) is 0 Å². The van der Waals surface area contributed by atoms with Gasteiger partial charge >= 0.3 is 0 Å². The minimum atomic E-state index is 0.781. The normalized spacial score (nSPS) is 27.5. The fourth-order valence-electron chi connectivity index (χ4n) is 0.944. The van der Waals surface area contributed by atoms with Crippen LogP contribution in [-0.2, 0) is 0 Å². The highest BCUT2D eigenvalue weighted by molar-refractivity contribution is 8.47. The van der Waals surface area contributed by atoms with E-state index >= 15 is 0 Å². The molecule has 0 bridgehead atoms. The van der Waals surface area contributed by atoms with Gasteiger partial charge in [0.1, 0.15) is 3.53 Å². The van der Waals surface area contributed by atoms with E-state index in [4.69, 9.17) is 12.2 Å². The van der Waals surface area contributed by atoms with Crippen LogP contribution in [-0.4, -0.2) is 14.5 Å². The van der Waals surface area contributed by atoms with Crippen molar-refractivity contribution in [3.63, 3.8) is 0 Å². The highest BCUT2D eigenvalue weighted by Gasteiger charge is 2.20. The lowest BCUT2D eigenvalue weighted by Gasteiger charge is -2.24. The first kappa shape index (κ1) is 8.88. The highest BCUT2D eigenvalue weighted by atomic mass is 32.2. The SMILES string of the molecule is CC(C)C1CCSC(=S)S1. The molecular weight excluding hydrogens is 180 g/mol. The summed E-state index contributed by atoms with van der Waals surface area (Å²) in [6.45, 7) is 4.55. The Hall–Kier alpha value is 0.790. The molecule has 0 nitrogen and oxygen atoms in total. The van der Waals surface area contributed by atoms with Crippen LogP contribution in [0.25, 0.3) is 0 Å². The molecule has 0 radical (unpaired) electrons. The van der Waals surface area contributed by atoms with Crippen LogP contribution in [0.3, 0.4) is 0 Å². The topological polar surface area (TPSA) is 0 Å². The molecule has 1 heterocycles. The van der Waals surface area contributed by atoms with Crippen molar-refractivity contribution in [2.75, 3.05) is 5.75 Å². The van der Waals surface area contributed by atoms with Gasteiger partial charge in [-0.2, -0.15) is 0 Å². The molecule has 1 aliphatic rings. The second kappa shape index (κ2) is 3.98. The van der Waals surface area contributed by atoms with Crippen molar-refractivity contribution in [2.24, 2.45) is 5.92 Å². The first-order valence-electron chi connectivity index (χ1n) is 3.53. The van der Waals surface area contributed by atoms with E-state index in [0.717, 1.165) is 14.7 Å². The number of hydrogen-bond acceptors (Lipinski definition) is 3. The summed E-state index contributed by atoms with van der Waals surface area (Å²) in [6, 6.07) is 0. The van der Waals surface area contributed by atoms with Gasteiger partial charge in [-0.1, -0.05) is 26.1 Å². The van der Waals surface area contributed by atoms with E-state index in [0.29, 0.717) is 0 Å². The molecule has 3 heteroatoms. The maximum absolute atomic E-state index is 5.13. The third-order valence-corrected chi connectivity index (χ3v) is 4.85. The Morgan fingerprint density at radius 1 is 1.60 bits per heavy atom. The molecule has 10 heavy (non-hydrogen) atoms. The van der Waals surface area contributed by atoms with Crippen LogP contribution in [0.4, 0.5) is 0 Å². The zero-order valence-electron chi connectivity index (χ0n) is 6.29. The van der Waals surface area contributed by atoms with Crippen LogP contribution in [0.1, 0.15) is 20.3 Å². The van der Waals surface area contributed by atoms with Gasteiger partial charge in [0.15, 0.2) is 0 Å². The Morgan fingerprint density at radius 3 is 2.70 bits per heavy atom. The smallest absolute Gasteiger partial charge is 0.104 e. The first-order chi connectivity index (χ1) is 4.70. The van der Waals surface area contributed by atoms with E-state index in [9.17, 15) is 0 Å². The molecule has 0 aliphatic carbocycles. The lowest BCUT2D eigenvalue weighted by atomic mass is 10.1. The van der Waals surface area contributed by atoms with Gasteiger partial charge in [-0.05, 0) is 12.3 Å². The number of thioether (sulfide) groups is 2. The molecular formula is C7H12S3. The summed E-state index contributed by atoms with van der Waals surface area (Å²) in [5, 5.41) is 0.786. The molecule has 1 atom stereocenters. The molecule has 0 spiro atoms. The van der Waals surface area contributed by atoms with Crippen molar-refractivity contribution in [1.82, 2.24) is 0 Å². The highest BCUT2D eigenvalue weighted by Crippen LogP contribution is 2.34. The molecule has 0 aromatic rings. The zero-order chi connectivity index (χ0) is 7.56. The standard InChI is InChI=1S/C7H12S3/c1-5(2)6-3-4-9-7(8)10-6/h5-6H,3-4H2,1-2H3. The van der Waals surface area contributed by atoms with Gasteiger partial charge in [-0.25, -0.2) is 0 Å². The van der Waals surface area contributed by atoms with Gasteiger partial charge < -0.3 is 0 Å². The quantitative estimate of drug-likeness (QED) is 0.586. The lowest BCUT2D eigenvalue weighted by molar-refractivity contribution is 0.598. The monoisotopic (exact) mass is 192 g/mol. The largest absolute Gasteiger partial charge is 0.108 e. The van der Waals surface area contributed by atoms with Crippen LogP contribution >= 0.6 is 35.7 Å². The molecule has 1 rings (SSSR count). The molecule has 1 aliphatic heterocycles. The van der Waals surface area contributed by atoms with E-state index in [1.54, 1.807) is 0 Å². The predicted molar refractivity (Wildman–Crippen MR) is 55.9 cm³/mol. The molecule has 0 N–H and O–H groups in total. The minimum absolute atomic E-state index is 0.781. The summed E-state index contributed by atoms with van der Waals surface area (Å²) >= 11 is 8.85. The summed E-state index contributed by atoms with van der Waals surface area (Å²) in [4.78, 5) is 0. The van der Waals surface area contributed by atoms with Crippen molar-refractivity contribution in [2.45, 2.75) is 25.5 Å². The molecule has 0 saturated carbocycles. The van der Waals surface area contributed by atoms with Gasteiger partial charge in [0, 0.05) is 11.0 Å². The molecule has 0 amide bonds. The second-order valence-corrected chi connectivity index (χ2v) is 6.33. The number of hydrogen-bond donors (Lipinski definition) is 0. The molecule has 58 valence electrons. The fraction of sp³-hybridized carbons (Fsp3) is 0.857. The maximum atomic E-state index is 5.13. The Kier molecular flexibility index (Phi) is 3.53. The van der Waals surface area contributed by atoms with E-state index in [-0.39, 0.29) is 0 Å². The van der Waals surface area contributed by atoms with Gasteiger partial charge in [0.2, 0.25) is 0 Å². The van der Waals surface area contributed by atoms with E-state index in [1.807, 2.05) is 23.5 Å². The van der Waals surface area contributed by atoms with E-state index in [1.165, 1.54) is 12.2 Å². The predicted octanol–water partition coefficient (Wildman–Crippen LogP) is 3.17. The van der Waals surface area contributed by atoms with Crippen LogP contribution in [0, 0.1) is 5.92 Å². The Labute approximate surface area is 76.5 Å². The number of rotatable bonds is 1. The van der Waals surface area contributed by atoms with Crippen molar-refractivity contribution >= 4 is 39.3 Å². The molecule has 1 fully saturated rings. The van der Waals surface area contributed by atoms with Crippen molar-refractivity contribution < 1.29 is 0 Å².